The molecule has 1 heterocycles. The molecule has 0 radical (unpaired) electrons. The molecule has 0 aromatic heterocycles. The highest BCUT2D eigenvalue weighted by molar-refractivity contribution is 9.10. The Balaban J connectivity index is 1.80. The Morgan fingerprint density at radius 2 is 1.92 bits per heavy atom. The summed E-state index contributed by atoms with van der Waals surface area (Å²) in [7, 11) is 0. The molecule has 3 rings (SSSR count). The van der Waals surface area contributed by atoms with Crippen molar-refractivity contribution in [2.24, 2.45) is 0 Å². The van der Waals surface area contributed by atoms with Gasteiger partial charge in [0.05, 0.1) is 21.6 Å². The van der Waals surface area contributed by atoms with Crippen LogP contribution in [0.1, 0.15) is 28.9 Å². The van der Waals surface area contributed by atoms with Gasteiger partial charge < -0.3 is 14.8 Å². The quantitative estimate of drug-likeness (QED) is 0.565. The van der Waals surface area contributed by atoms with Crippen LogP contribution in [0, 0.1) is 10.1 Å². The number of carbonyl (C=O) groups excluding carboxylic acids is 1. The van der Waals surface area contributed by atoms with Crippen LogP contribution in [0.4, 0.5) is 5.69 Å². The van der Waals surface area contributed by atoms with Gasteiger partial charge in [-0.1, -0.05) is 27.5 Å². The highest BCUT2D eigenvalue weighted by atomic mass is 79.9. The Labute approximate surface area is 162 Å². The molecule has 0 saturated carbocycles. The lowest BCUT2D eigenvalue weighted by molar-refractivity contribution is -0.384. The average molecular weight is 442 g/mol. The summed E-state index contributed by atoms with van der Waals surface area (Å²) in [5.41, 5.74) is 0.799. The maximum absolute atomic E-state index is 12.5. The largest absolute Gasteiger partial charge is 0.486 e. The van der Waals surface area contributed by atoms with Crippen LogP contribution in [0.3, 0.4) is 0 Å². The Kier molecular flexibility index (Phi) is 5.33. The topological polar surface area (TPSA) is 90.7 Å². The van der Waals surface area contributed by atoms with E-state index in [1.165, 1.54) is 12.1 Å². The molecule has 0 aliphatic carbocycles. The van der Waals surface area contributed by atoms with Gasteiger partial charge in [0.25, 0.3) is 11.6 Å². The number of hydrogen-bond acceptors (Lipinski definition) is 5. The van der Waals surface area contributed by atoms with Crippen molar-refractivity contribution in [3.63, 3.8) is 0 Å². The first-order valence-electron chi connectivity index (χ1n) is 7.70. The monoisotopic (exact) mass is 440 g/mol. The summed E-state index contributed by atoms with van der Waals surface area (Å²) >= 11 is 9.49. The third-order valence-electron chi connectivity index (χ3n) is 3.88. The van der Waals surface area contributed by atoms with Crippen molar-refractivity contribution in [1.82, 2.24) is 5.32 Å². The number of hydrogen-bond donors (Lipinski definition) is 1. The summed E-state index contributed by atoms with van der Waals surface area (Å²) in [4.78, 5) is 22.7. The molecule has 1 aliphatic rings. The molecule has 2 aromatic rings. The van der Waals surface area contributed by atoms with Crippen LogP contribution >= 0.6 is 27.5 Å². The second-order valence-electron chi connectivity index (χ2n) is 5.63. The van der Waals surface area contributed by atoms with Gasteiger partial charge in [0.15, 0.2) is 11.5 Å². The highest BCUT2D eigenvalue weighted by Crippen LogP contribution is 2.38. The number of benzene rings is 2. The zero-order valence-electron chi connectivity index (χ0n) is 13.6. The number of halogens is 2. The fourth-order valence-corrected chi connectivity index (χ4v) is 3.49. The van der Waals surface area contributed by atoms with Crippen LogP contribution in [-0.2, 0) is 0 Å². The number of fused-ring (bicyclic) bond motifs is 1. The molecule has 0 saturated heterocycles. The van der Waals surface area contributed by atoms with Crippen LogP contribution in [0.25, 0.3) is 0 Å². The van der Waals surface area contributed by atoms with Gasteiger partial charge in [-0.2, -0.15) is 0 Å². The van der Waals surface area contributed by atoms with Crippen molar-refractivity contribution in [1.29, 1.82) is 0 Å². The molecule has 0 spiro atoms. The third-order valence-corrected chi connectivity index (χ3v) is 4.88. The molecule has 0 bridgehead atoms. The van der Waals surface area contributed by atoms with Crippen LogP contribution in [-0.4, -0.2) is 24.0 Å². The number of rotatable bonds is 4. The van der Waals surface area contributed by atoms with Gasteiger partial charge in [-0.15, -0.1) is 0 Å². The third kappa shape index (κ3) is 3.76. The standard InChI is InChI=1S/C17H14BrClN2O5/c1-9(12-7-15-16(8-13(12)18)26-5-4-25-15)20-17(22)11-3-2-10(21(23)24)6-14(11)19/h2-3,6-9H,4-5H2,1H3,(H,20,22). The van der Waals surface area contributed by atoms with Crippen molar-refractivity contribution >= 4 is 39.1 Å². The van der Waals surface area contributed by atoms with Crippen LogP contribution in [0.15, 0.2) is 34.8 Å². The summed E-state index contributed by atoms with van der Waals surface area (Å²) in [6, 6.07) is 6.97. The van der Waals surface area contributed by atoms with E-state index in [0.29, 0.717) is 24.7 Å². The molecule has 26 heavy (non-hydrogen) atoms. The number of nitro benzene ring substituents is 1. The molecule has 1 aliphatic heterocycles. The Morgan fingerprint density at radius 1 is 1.27 bits per heavy atom. The second-order valence-corrected chi connectivity index (χ2v) is 6.90. The Hall–Kier alpha value is -2.32. The molecular weight excluding hydrogens is 428 g/mol. The molecule has 0 fully saturated rings. The van der Waals surface area contributed by atoms with Crippen LogP contribution in [0.5, 0.6) is 11.5 Å². The summed E-state index contributed by atoms with van der Waals surface area (Å²) in [6.07, 6.45) is 0. The Bertz CT molecular complexity index is 890. The van der Waals surface area contributed by atoms with Gasteiger partial charge >= 0.3 is 0 Å². The highest BCUT2D eigenvalue weighted by Gasteiger charge is 2.21. The number of ether oxygens (including phenoxy) is 2. The lowest BCUT2D eigenvalue weighted by Gasteiger charge is -2.22. The van der Waals surface area contributed by atoms with E-state index in [-0.39, 0.29) is 22.3 Å². The van der Waals surface area contributed by atoms with Gasteiger partial charge in [0.2, 0.25) is 0 Å². The minimum Gasteiger partial charge on any atom is -0.486 e. The van der Waals surface area contributed by atoms with Crippen LogP contribution < -0.4 is 14.8 Å². The van der Waals surface area contributed by atoms with Crippen molar-refractivity contribution in [3.05, 3.63) is 61.1 Å². The van der Waals surface area contributed by atoms with E-state index in [0.717, 1.165) is 16.1 Å². The van der Waals surface area contributed by atoms with Crippen molar-refractivity contribution in [3.8, 4) is 11.5 Å². The first-order valence-corrected chi connectivity index (χ1v) is 8.87. The van der Waals surface area contributed by atoms with Crippen LogP contribution in [0.2, 0.25) is 5.02 Å². The smallest absolute Gasteiger partial charge is 0.270 e. The molecule has 2 aromatic carbocycles. The van der Waals surface area contributed by atoms with Crippen molar-refractivity contribution in [2.45, 2.75) is 13.0 Å². The second kappa shape index (κ2) is 7.51. The number of non-ortho nitro benzene ring substituents is 1. The maximum atomic E-state index is 12.5. The van der Waals surface area contributed by atoms with Gasteiger partial charge in [-0.05, 0) is 30.7 Å². The fourth-order valence-electron chi connectivity index (χ4n) is 2.57. The predicted molar refractivity (Wildman–Crippen MR) is 99.1 cm³/mol. The lowest BCUT2D eigenvalue weighted by Crippen LogP contribution is -2.27. The summed E-state index contributed by atoms with van der Waals surface area (Å²) in [5.74, 6) is 0.826. The maximum Gasteiger partial charge on any atom is 0.270 e. The van der Waals surface area contributed by atoms with E-state index in [9.17, 15) is 14.9 Å². The predicted octanol–water partition coefficient (Wildman–Crippen LogP) is 4.27. The fraction of sp³-hybridized carbons (Fsp3) is 0.235. The summed E-state index contributed by atoms with van der Waals surface area (Å²) in [6.45, 7) is 2.77. The minimum atomic E-state index is -0.567. The molecule has 9 heteroatoms. The van der Waals surface area contributed by atoms with E-state index >= 15 is 0 Å². The normalized spacial score (nSPS) is 13.8. The van der Waals surface area contributed by atoms with Gasteiger partial charge in [-0.3, -0.25) is 14.9 Å². The zero-order valence-corrected chi connectivity index (χ0v) is 16.0. The van der Waals surface area contributed by atoms with E-state index < -0.39 is 10.8 Å². The lowest BCUT2D eigenvalue weighted by atomic mass is 10.1. The number of nitrogens with zero attached hydrogens (tertiary/aromatic N) is 1. The SMILES string of the molecule is CC(NC(=O)c1ccc([N+](=O)[O-])cc1Cl)c1cc2c(cc1Br)OCCO2. The number of nitrogens with one attached hydrogen (secondary N) is 1. The first kappa shape index (κ1) is 18.5. The summed E-state index contributed by atoms with van der Waals surface area (Å²) < 4.78 is 11.9. The Morgan fingerprint density at radius 3 is 2.54 bits per heavy atom. The summed E-state index contributed by atoms with van der Waals surface area (Å²) in [5, 5.41) is 13.6. The molecule has 1 unspecified atom stereocenters. The van der Waals surface area contributed by atoms with Gasteiger partial charge in [0.1, 0.15) is 13.2 Å². The molecule has 1 N–H and O–H groups in total. The molecule has 1 atom stereocenters. The molecule has 136 valence electrons. The van der Waals surface area contributed by atoms with Crippen molar-refractivity contribution < 1.29 is 19.2 Å². The van der Waals surface area contributed by atoms with Crippen molar-refractivity contribution in [2.75, 3.05) is 13.2 Å². The molecule has 7 nitrogen and oxygen atoms in total. The van der Waals surface area contributed by atoms with E-state index in [1.54, 1.807) is 12.1 Å². The van der Waals surface area contributed by atoms with Gasteiger partial charge in [-0.25, -0.2) is 0 Å². The first-order chi connectivity index (χ1) is 12.4. The van der Waals surface area contributed by atoms with E-state index in [1.807, 2.05) is 6.92 Å². The van der Waals surface area contributed by atoms with Gasteiger partial charge in [0, 0.05) is 16.6 Å². The minimum absolute atomic E-state index is 0.0186. The number of carbonyl (C=O) groups is 1. The number of nitro groups is 1. The average Bonchev–Trinajstić information content (AvgIpc) is 2.60. The number of amides is 1. The molecular formula is C17H14BrClN2O5. The van der Waals surface area contributed by atoms with E-state index in [4.69, 9.17) is 21.1 Å². The zero-order chi connectivity index (χ0) is 18.8. The van der Waals surface area contributed by atoms with E-state index in [2.05, 4.69) is 21.2 Å². The molecule has 1 amide bonds.